The van der Waals surface area contributed by atoms with Crippen molar-refractivity contribution in [2.45, 2.75) is 33.8 Å². The van der Waals surface area contributed by atoms with E-state index in [1.54, 1.807) is 6.21 Å². The number of ether oxygens (including phenoxy) is 2. The SMILES string of the molecule is CCOc1cc(/C=N\NC(=O)Cc2ccc(C)cc2C)ccc1OCc1cccc2ccccc12. The van der Waals surface area contributed by atoms with Crippen LogP contribution < -0.4 is 14.9 Å². The molecule has 4 aromatic carbocycles. The average Bonchev–Trinajstić information content (AvgIpc) is 2.85. The van der Waals surface area contributed by atoms with Crippen molar-refractivity contribution in [1.82, 2.24) is 5.43 Å². The fourth-order valence-electron chi connectivity index (χ4n) is 4.00. The molecule has 0 radical (unpaired) electrons. The Kier molecular flexibility index (Phi) is 7.78. The van der Waals surface area contributed by atoms with Gasteiger partial charge in [-0.05, 0) is 72.0 Å². The first-order chi connectivity index (χ1) is 17.0. The van der Waals surface area contributed by atoms with Crippen molar-refractivity contribution in [2.24, 2.45) is 5.10 Å². The monoisotopic (exact) mass is 466 g/mol. The van der Waals surface area contributed by atoms with Gasteiger partial charge in [0.05, 0.1) is 19.2 Å². The van der Waals surface area contributed by atoms with Gasteiger partial charge in [-0.25, -0.2) is 5.43 Å². The van der Waals surface area contributed by atoms with Gasteiger partial charge in [0.15, 0.2) is 11.5 Å². The van der Waals surface area contributed by atoms with Gasteiger partial charge in [0, 0.05) is 0 Å². The Balaban J connectivity index is 1.41. The van der Waals surface area contributed by atoms with Crippen molar-refractivity contribution in [3.8, 4) is 11.5 Å². The van der Waals surface area contributed by atoms with Crippen molar-refractivity contribution < 1.29 is 14.3 Å². The number of carbonyl (C=O) groups is 1. The van der Waals surface area contributed by atoms with Crippen molar-refractivity contribution in [3.05, 3.63) is 107 Å². The molecule has 0 bridgehead atoms. The van der Waals surface area contributed by atoms with Crippen molar-refractivity contribution in [2.75, 3.05) is 6.61 Å². The first kappa shape index (κ1) is 24.0. The van der Waals surface area contributed by atoms with Crippen LogP contribution in [0, 0.1) is 13.8 Å². The van der Waals surface area contributed by atoms with Crippen LogP contribution in [-0.2, 0) is 17.8 Å². The minimum Gasteiger partial charge on any atom is -0.490 e. The van der Waals surface area contributed by atoms with E-state index in [4.69, 9.17) is 9.47 Å². The summed E-state index contributed by atoms with van der Waals surface area (Å²) in [4.78, 5) is 12.3. The molecule has 0 aromatic heterocycles. The Morgan fingerprint density at radius 3 is 2.54 bits per heavy atom. The van der Waals surface area contributed by atoms with Gasteiger partial charge in [0.25, 0.3) is 0 Å². The zero-order valence-corrected chi connectivity index (χ0v) is 20.4. The van der Waals surface area contributed by atoms with Crippen LogP contribution in [0.1, 0.15) is 34.7 Å². The lowest BCUT2D eigenvalue weighted by Crippen LogP contribution is -2.20. The summed E-state index contributed by atoms with van der Waals surface area (Å²) in [6.07, 6.45) is 1.89. The molecule has 0 fully saturated rings. The normalized spacial score (nSPS) is 11.1. The van der Waals surface area contributed by atoms with Crippen molar-refractivity contribution in [1.29, 1.82) is 0 Å². The predicted octanol–water partition coefficient (Wildman–Crippen LogP) is 6.13. The zero-order valence-electron chi connectivity index (χ0n) is 20.4. The van der Waals surface area contributed by atoms with Gasteiger partial charge in [-0.3, -0.25) is 4.79 Å². The van der Waals surface area contributed by atoms with Gasteiger partial charge < -0.3 is 9.47 Å². The molecule has 0 saturated carbocycles. The Labute approximate surface area is 206 Å². The first-order valence-electron chi connectivity index (χ1n) is 11.8. The number of hydrazone groups is 1. The fraction of sp³-hybridized carbons (Fsp3) is 0.200. The number of amides is 1. The molecule has 5 heteroatoms. The summed E-state index contributed by atoms with van der Waals surface area (Å²) in [5.41, 5.74) is 7.80. The van der Waals surface area contributed by atoms with Gasteiger partial charge in [-0.1, -0.05) is 66.2 Å². The average molecular weight is 467 g/mol. The third-order valence-electron chi connectivity index (χ3n) is 5.78. The Hall–Kier alpha value is -4.12. The van der Waals surface area contributed by atoms with E-state index in [1.807, 2.05) is 69.3 Å². The second-order valence-corrected chi connectivity index (χ2v) is 8.47. The number of rotatable bonds is 9. The second kappa shape index (κ2) is 11.3. The molecular weight excluding hydrogens is 436 g/mol. The van der Waals surface area contributed by atoms with Crippen LogP contribution in [0.2, 0.25) is 0 Å². The maximum atomic E-state index is 12.3. The number of hydrogen-bond acceptors (Lipinski definition) is 4. The highest BCUT2D eigenvalue weighted by Gasteiger charge is 2.09. The summed E-state index contributed by atoms with van der Waals surface area (Å²) in [6, 6.07) is 26.2. The molecule has 0 unspecified atom stereocenters. The lowest BCUT2D eigenvalue weighted by atomic mass is 10.0. The molecule has 1 amide bonds. The first-order valence-corrected chi connectivity index (χ1v) is 11.8. The molecule has 0 aliphatic carbocycles. The number of nitrogens with zero attached hydrogens (tertiary/aromatic N) is 1. The van der Waals surface area contributed by atoms with E-state index in [9.17, 15) is 4.79 Å². The van der Waals surface area contributed by atoms with Crippen LogP contribution in [0.5, 0.6) is 11.5 Å². The van der Waals surface area contributed by atoms with Crippen LogP contribution in [-0.4, -0.2) is 18.7 Å². The van der Waals surface area contributed by atoms with Crippen LogP contribution in [0.3, 0.4) is 0 Å². The van der Waals surface area contributed by atoms with Crippen LogP contribution in [0.15, 0.2) is 84.0 Å². The quantitative estimate of drug-likeness (QED) is 0.239. The van der Waals surface area contributed by atoms with Crippen molar-refractivity contribution in [3.63, 3.8) is 0 Å². The summed E-state index contributed by atoms with van der Waals surface area (Å²) < 4.78 is 11.9. The predicted molar refractivity (Wildman–Crippen MR) is 141 cm³/mol. The molecule has 1 N–H and O–H groups in total. The maximum Gasteiger partial charge on any atom is 0.244 e. The summed E-state index contributed by atoms with van der Waals surface area (Å²) in [5, 5.41) is 6.48. The number of aryl methyl sites for hydroxylation is 2. The van der Waals surface area contributed by atoms with E-state index < -0.39 is 0 Å². The topological polar surface area (TPSA) is 59.9 Å². The molecule has 0 saturated heterocycles. The van der Waals surface area contributed by atoms with Crippen LogP contribution in [0.25, 0.3) is 10.8 Å². The molecule has 0 aliphatic rings. The van der Waals surface area contributed by atoms with E-state index in [2.05, 4.69) is 40.9 Å². The van der Waals surface area contributed by atoms with Gasteiger partial charge in [0.1, 0.15) is 6.61 Å². The number of fused-ring (bicyclic) bond motifs is 1. The van der Waals surface area contributed by atoms with Crippen LogP contribution in [0.4, 0.5) is 0 Å². The number of benzene rings is 4. The minimum absolute atomic E-state index is 0.159. The molecule has 0 spiro atoms. The summed E-state index contributed by atoms with van der Waals surface area (Å²) in [7, 11) is 0. The molecule has 4 rings (SSSR count). The number of hydrogen-bond donors (Lipinski definition) is 1. The summed E-state index contributed by atoms with van der Waals surface area (Å²) >= 11 is 0. The Bertz CT molecular complexity index is 1360. The van der Waals surface area contributed by atoms with E-state index in [0.29, 0.717) is 24.7 Å². The largest absolute Gasteiger partial charge is 0.490 e. The molecule has 4 aromatic rings. The Morgan fingerprint density at radius 2 is 1.71 bits per heavy atom. The maximum absolute atomic E-state index is 12.3. The van der Waals surface area contributed by atoms with Gasteiger partial charge in [-0.15, -0.1) is 0 Å². The smallest absolute Gasteiger partial charge is 0.244 e. The van der Waals surface area contributed by atoms with E-state index in [-0.39, 0.29) is 12.3 Å². The number of nitrogens with one attached hydrogen (secondary N) is 1. The summed E-state index contributed by atoms with van der Waals surface area (Å²) in [6.45, 7) is 6.93. The standard InChI is InChI=1S/C30H30N2O3/c1-4-34-29-17-23(19-31-32-30(33)18-25-14-12-21(2)16-22(25)3)13-15-28(29)35-20-26-10-7-9-24-8-5-6-11-27(24)26/h5-17,19H,4,18,20H2,1-3H3,(H,32,33)/b31-19-. The molecule has 0 atom stereocenters. The highest BCUT2D eigenvalue weighted by Crippen LogP contribution is 2.30. The second-order valence-electron chi connectivity index (χ2n) is 8.47. The highest BCUT2D eigenvalue weighted by molar-refractivity contribution is 5.86. The molecule has 0 heterocycles. The lowest BCUT2D eigenvalue weighted by molar-refractivity contribution is -0.120. The highest BCUT2D eigenvalue weighted by atomic mass is 16.5. The molecule has 178 valence electrons. The van der Waals surface area contributed by atoms with E-state index >= 15 is 0 Å². The third kappa shape index (κ3) is 6.27. The van der Waals surface area contributed by atoms with Gasteiger partial charge in [0.2, 0.25) is 5.91 Å². The Morgan fingerprint density at radius 1 is 0.886 bits per heavy atom. The van der Waals surface area contributed by atoms with E-state index in [0.717, 1.165) is 22.3 Å². The molecule has 5 nitrogen and oxygen atoms in total. The molecule has 35 heavy (non-hydrogen) atoms. The lowest BCUT2D eigenvalue weighted by Gasteiger charge is -2.13. The van der Waals surface area contributed by atoms with Crippen molar-refractivity contribution >= 4 is 22.9 Å². The summed E-state index contributed by atoms with van der Waals surface area (Å²) in [5.74, 6) is 1.14. The van der Waals surface area contributed by atoms with Crippen LogP contribution >= 0.6 is 0 Å². The van der Waals surface area contributed by atoms with Gasteiger partial charge in [-0.2, -0.15) is 5.10 Å². The zero-order chi connectivity index (χ0) is 24.6. The molecular formula is C30H30N2O3. The fourth-order valence-corrected chi connectivity index (χ4v) is 4.00. The minimum atomic E-state index is -0.159. The molecule has 0 aliphatic heterocycles. The number of carbonyl (C=O) groups excluding carboxylic acids is 1. The third-order valence-corrected chi connectivity index (χ3v) is 5.78. The van der Waals surface area contributed by atoms with Gasteiger partial charge >= 0.3 is 0 Å². The van der Waals surface area contributed by atoms with E-state index in [1.165, 1.54) is 16.3 Å².